The average molecular weight is 248 g/mol. The lowest BCUT2D eigenvalue weighted by Crippen LogP contribution is -2.26. The molecule has 1 heterocycles. The number of aliphatic hydroxyl groups is 1. The molecule has 0 aromatic heterocycles. The van der Waals surface area contributed by atoms with Crippen molar-refractivity contribution < 1.29 is 14.6 Å². The van der Waals surface area contributed by atoms with Crippen LogP contribution in [-0.4, -0.2) is 24.4 Å². The van der Waals surface area contributed by atoms with Crippen molar-refractivity contribution in [2.24, 2.45) is 0 Å². The summed E-state index contributed by atoms with van der Waals surface area (Å²) in [6, 6.07) is 6.16. The quantitative estimate of drug-likeness (QED) is 0.874. The first-order valence-corrected chi connectivity index (χ1v) is 6.88. The van der Waals surface area contributed by atoms with E-state index in [2.05, 4.69) is 6.07 Å². The Morgan fingerprint density at radius 2 is 2.00 bits per heavy atom. The van der Waals surface area contributed by atoms with Crippen molar-refractivity contribution in [2.75, 3.05) is 13.2 Å². The Morgan fingerprint density at radius 3 is 2.83 bits per heavy atom. The summed E-state index contributed by atoms with van der Waals surface area (Å²) in [5.41, 5.74) is 2.33. The second-order valence-electron chi connectivity index (χ2n) is 5.20. The van der Waals surface area contributed by atoms with E-state index in [0.29, 0.717) is 0 Å². The smallest absolute Gasteiger partial charge is 0.120 e. The minimum Gasteiger partial charge on any atom is -0.490 e. The van der Waals surface area contributed by atoms with Gasteiger partial charge in [0.25, 0.3) is 0 Å². The maximum Gasteiger partial charge on any atom is 0.120 e. The molecule has 1 atom stereocenters. The van der Waals surface area contributed by atoms with Gasteiger partial charge in [0.1, 0.15) is 11.9 Å². The van der Waals surface area contributed by atoms with Crippen molar-refractivity contribution in [3.05, 3.63) is 29.3 Å². The van der Waals surface area contributed by atoms with Crippen molar-refractivity contribution in [3.8, 4) is 5.75 Å². The molecule has 0 spiro atoms. The number of hydrogen-bond donors (Lipinski definition) is 1. The van der Waals surface area contributed by atoms with Gasteiger partial charge in [-0.1, -0.05) is 6.07 Å². The lowest BCUT2D eigenvalue weighted by atomic mass is 9.89. The van der Waals surface area contributed by atoms with E-state index in [1.165, 1.54) is 5.56 Å². The molecule has 0 radical (unpaired) electrons. The third kappa shape index (κ3) is 2.52. The minimum atomic E-state index is -0.313. The summed E-state index contributed by atoms with van der Waals surface area (Å²) < 4.78 is 11.3. The second kappa shape index (κ2) is 5.29. The highest BCUT2D eigenvalue weighted by Gasteiger charge is 2.20. The molecule has 0 unspecified atom stereocenters. The molecule has 1 aromatic carbocycles. The number of aryl methyl sites for hydroxylation is 1. The Labute approximate surface area is 108 Å². The van der Waals surface area contributed by atoms with Gasteiger partial charge in [0.15, 0.2) is 0 Å². The largest absolute Gasteiger partial charge is 0.490 e. The van der Waals surface area contributed by atoms with E-state index in [0.717, 1.165) is 56.6 Å². The minimum absolute atomic E-state index is 0.262. The molecule has 3 heteroatoms. The van der Waals surface area contributed by atoms with E-state index in [-0.39, 0.29) is 12.2 Å². The molecular formula is C15H20O3. The van der Waals surface area contributed by atoms with E-state index < -0.39 is 0 Å². The Bertz CT molecular complexity index is 410. The SMILES string of the molecule is O[C@H]1CCCc2ccc(OC3CCOCC3)cc21. The van der Waals surface area contributed by atoms with E-state index in [1.807, 2.05) is 12.1 Å². The fraction of sp³-hybridized carbons (Fsp3) is 0.600. The molecular weight excluding hydrogens is 228 g/mol. The number of rotatable bonds is 2. The lowest BCUT2D eigenvalue weighted by molar-refractivity contribution is 0.0254. The predicted octanol–water partition coefficient (Wildman–Crippen LogP) is 2.61. The molecule has 0 bridgehead atoms. The molecule has 3 rings (SSSR count). The summed E-state index contributed by atoms with van der Waals surface area (Å²) in [5.74, 6) is 0.890. The summed E-state index contributed by atoms with van der Waals surface area (Å²) in [4.78, 5) is 0. The highest BCUT2D eigenvalue weighted by Crippen LogP contribution is 2.32. The number of benzene rings is 1. The van der Waals surface area contributed by atoms with Gasteiger partial charge in [-0.15, -0.1) is 0 Å². The number of ether oxygens (including phenoxy) is 2. The van der Waals surface area contributed by atoms with Gasteiger partial charge in [-0.05, 0) is 42.5 Å². The normalized spacial score (nSPS) is 24.6. The zero-order valence-electron chi connectivity index (χ0n) is 10.6. The molecule has 1 N–H and O–H groups in total. The van der Waals surface area contributed by atoms with Crippen LogP contribution in [0.2, 0.25) is 0 Å². The first-order chi connectivity index (χ1) is 8.83. The summed E-state index contributed by atoms with van der Waals surface area (Å²) in [7, 11) is 0. The third-order valence-electron chi connectivity index (χ3n) is 3.87. The molecule has 0 saturated carbocycles. The first kappa shape index (κ1) is 12.0. The van der Waals surface area contributed by atoms with Crippen molar-refractivity contribution in [1.29, 1.82) is 0 Å². The monoisotopic (exact) mass is 248 g/mol. The molecule has 1 saturated heterocycles. The lowest BCUT2D eigenvalue weighted by Gasteiger charge is -2.25. The molecule has 1 aliphatic carbocycles. The van der Waals surface area contributed by atoms with E-state index in [1.54, 1.807) is 0 Å². The summed E-state index contributed by atoms with van der Waals surface area (Å²) in [6.45, 7) is 1.58. The van der Waals surface area contributed by atoms with Crippen LogP contribution in [0.1, 0.15) is 42.9 Å². The standard InChI is InChI=1S/C15H20O3/c16-15-3-1-2-11-4-5-13(10-14(11)15)18-12-6-8-17-9-7-12/h4-5,10,12,15-16H,1-3,6-9H2/t15-/m0/s1. The van der Waals surface area contributed by atoms with Gasteiger partial charge in [0, 0.05) is 12.8 Å². The van der Waals surface area contributed by atoms with Gasteiger partial charge in [0.2, 0.25) is 0 Å². The average Bonchev–Trinajstić information content (AvgIpc) is 2.41. The molecule has 2 aliphatic rings. The van der Waals surface area contributed by atoms with Crippen LogP contribution >= 0.6 is 0 Å². The van der Waals surface area contributed by atoms with Gasteiger partial charge in [-0.3, -0.25) is 0 Å². The predicted molar refractivity (Wildman–Crippen MR) is 68.8 cm³/mol. The fourth-order valence-electron chi connectivity index (χ4n) is 2.81. The van der Waals surface area contributed by atoms with Crippen molar-refractivity contribution in [1.82, 2.24) is 0 Å². The van der Waals surface area contributed by atoms with E-state index in [4.69, 9.17) is 9.47 Å². The first-order valence-electron chi connectivity index (χ1n) is 6.88. The Balaban J connectivity index is 1.74. The number of aliphatic hydroxyl groups excluding tert-OH is 1. The molecule has 18 heavy (non-hydrogen) atoms. The van der Waals surface area contributed by atoms with Crippen LogP contribution in [-0.2, 0) is 11.2 Å². The van der Waals surface area contributed by atoms with Gasteiger partial charge in [0.05, 0.1) is 19.3 Å². The zero-order chi connectivity index (χ0) is 12.4. The maximum atomic E-state index is 10.0. The summed E-state index contributed by atoms with van der Waals surface area (Å²) in [5, 5.41) is 10.0. The third-order valence-corrected chi connectivity index (χ3v) is 3.87. The highest BCUT2D eigenvalue weighted by atomic mass is 16.5. The second-order valence-corrected chi connectivity index (χ2v) is 5.20. The molecule has 0 amide bonds. The summed E-state index contributed by atoms with van der Waals surface area (Å²) >= 11 is 0. The molecule has 1 aliphatic heterocycles. The van der Waals surface area contributed by atoms with Crippen molar-refractivity contribution in [3.63, 3.8) is 0 Å². The van der Waals surface area contributed by atoms with Crippen LogP contribution in [0, 0.1) is 0 Å². The van der Waals surface area contributed by atoms with Crippen molar-refractivity contribution in [2.45, 2.75) is 44.3 Å². The Kier molecular flexibility index (Phi) is 3.52. The van der Waals surface area contributed by atoms with Crippen LogP contribution in [0.4, 0.5) is 0 Å². The summed E-state index contributed by atoms with van der Waals surface area (Å²) in [6.07, 6.45) is 4.88. The number of fused-ring (bicyclic) bond motifs is 1. The molecule has 3 nitrogen and oxygen atoms in total. The Hall–Kier alpha value is -1.06. The molecule has 98 valence electrons. The molecule has 1 aromatic rings. The van der Waals surface area contributed by atoms with Gasteiger partial charge >= 0.3 is 0 Å². The van der Waals surface area contributed by atoms with Crippen LogP contribution in [0.15, 0.2) is 18.2 Å². The van der Waals surface area contributed by atoms with E-state index >= 15 is 0 Å². The van der Waals surface area contributed by atoms with Gasteiger partial charge < -0.3 is 14.6 Å². The maximum absolute atomic E-state index is 10.0. The number of hydrogen-bond acceptors (Lipinski definition) is 3. The fourth-order valence-corrected chi connectivity index (χ4v) is 2.81. The van der Waals surface area contributed by atoms with Crippen LogP contribution < -0.4 is 4.74 Å². The van der Waals surface area contributed by atoms with Crippen LogP contribution in [0.5, 0.6) is 5.75 Å². The van der Waals surface area contributed by atoms with E-state index in [9.17, 15) is 5.11 Å². The van der Waals surface area contributed by atoms with Crippen LogP contribution in [0.25, 0.3) is 0 Å². The van der Waals surface area contributed by atoms with Crippen LogP contribution in [0.3, 0.4) is 0 Å². The van der Waals surface area contributed by atoms with Gasteiger partial charge in [-0.25, -0.2) is 0 Å². The van der Waals surface area contributed by atoms with Gasteiger partial charge in [-0.2, -0.15) is 0 Å². The zero-order valence-corrected chi connectivity index (χ0v) is 10.6. The topological polar surface area (TPSA) is 38.7 Å². The highest BCUT2D eigenvalue weighted by molar-refractivity contribution is 5.38. The molecule has 1 fully saturated rings. The Morgan fingerprint density at radius 1 is 1.17 bits per heavy atom. The van der Waals surface area contributed by atoms with Crippen molar-refractivity contribution >= 4 is 0 Å².